The van der Waals surface area contributed by atoms with Crippen molar-refractivity contribution in [3.05, 3.63) is 41.0 Å². The molecule has 3 heteroatoms. The second-order valence-electron chi connectivity index (χ2n) is 8.10. The molecule has 1 unspecified atom stereocenters. The summed E-state index contributed by atoms with van der Waals surface area (Å²) in [6, 6.07) is 9.26. The maximum Gasteiger partial charge on any atom is 0.0940 e. The van der Waals surface area contributed by atoms with E-state index in [0.29, 0.717) is 32.0 Å². The molecule has 1 N–H and O–H groups in total. The minimum absolute atomic E-state index is 0.615. The van der Waals surface area contributed by atoms with Crippen LogP contribution in [-0.2, 0) is 10.3 Å². The van der Waals surface area contributed by atoms with E-state index < -0.39 is 5.60 Å². The van der Waals surface area contributed by atoms with Gasteiger partial charge in [0, 0.05) is 45.2 Å². The Morgan fingerprint density at radius 2 is 1.85 bits per heavy atom. The summed E-state index contributed by atoms with van der Waals surface area (Å²) in [6.07, 6.45) is 7.41. The van der Waals surface area contributed by atoms with E-state index in [1.807, 2.05) is 0 Å². The summed E-state index contributed by atoms with van der Waals surface area (Å²) in [7, 11) is 0. The van der Waals surface area contributed by atoms with E-state index in [1.54, 1.807) is 5.57 Å². The Bertz CT molecular complexity index is 597. The standard InChI is InChI=1S/C23H35NO2/c1-4-22(5-2)24-13-10-20(18(3)17-24)16-19-6-8-21(9-7-19)23(25)11-14-26-15-12-23/h6-9,16,18,22,25H,4-5,10-15,17H2,1-3H3. The van der Waals surface area contributed by atoms with Crippen LogP contribution in [0.1, 0.15) is 64.0 Å². The van der Waals surface area contributed by atoms with Crippen molar-refractivity contribution in [1.29, 1.82) is 0 Å². The first-order valence-corrected chi connectivity index (χ1v) is 10.4. The molecule has 1 aromatic carbocycles. The van der Waals surface area contributed by atoms with E-state index in [0.717, 1.165) is 11.6 Å². The fourth-order valence-electron chi connectivity index (χ4n) is 4.53. The smallest absolute Gasteiger partial charge is 0.0940 e. The summed E-state index contributed by atoms with van der Waals surface area (Å²) in [5, 5.41) is 10.8. The molecule has 2 fully saturated rings. The number of piperidine rings is 1. The zero-order valence-electron chi connectivity index (χ0n) is 16.7. The molecular weight excluding hydrogens is 322 g/mol. The number of rotatable bonds is 5. The lowest BCUT2D eigenvalue weighted by Crippen LogP contribution is -2.42. The summed E-state index contributed by atoms with van der Waals surface area (Å²) >= 11 is 0. The van der Waals surface area contributed by atoms with E-state index in [2.05, 4.69) is 56.0 Å². The Morgan fingerprint density at radius 1 is 1.19 bits per heavy atom. The van der Waals surface area contributed by atoms with E-state index in [9.17, 15) is 5.11 Å². The third kappa shape index (κ3) is 4.39. The predicted octanol–water partition coefficient (Wildman–Crippen LogP) is 4.60. The number of hydrogen-bond donors (Lipinski definition) is 1. The summed E-state index contributed by atoms with van der Waals surface area (Å²) in [5.74, 6) is 0.615. The van der Waals surface area contributed by atoms with Gasteiger partial charge in [-0.3, -0.25) is 4.90 Å². The van der Waals surface area contributed by atoms with Crippen molar-refractivity contribution in [2.24, 2.45) is 5.92 Å². The number of benzene rings is 1. The van der Waals surface area contributed by atoms with Gasteiger partial charge in [0.15, 0.2) is 0 Å². The van der Waals surface area contributed by atoms with Gasteiger partial charge in [-0.25, -0.2) is 0 Å². The monoisotopic (exact) mass is 357 g/mol. The van der Waals surface area contributed by atoms with Gasteiger partial charge in [-0.05, 0) is 36.3 Å². The van der Waals surface area contributed by atoms with E-state index in [-0.39, 0.29) is 0 Å². The maximum atomic E-state index is 10.8. The zero-order chi connectivity index (χ0) is 18.6. The van der Waals surface area contributed by atoms with Gasteiger partial charge in [0.2, 0.25) is 0 Å². The number of hydrogen-bond acceptors (Lipinski definition) is 3. The molecule has 26 heavy (non-hydrogen) atoms. The van der Waals surface area contributed by atoms with Crippen molar-refractivity contribution in [3.8, 4) is 0 Å². The van der Waals surface area contributed by atoms with Gasteiger partial charge in [-0.2, -0.15) is 0 Å². The van der Waals surface area contributed by atoms with E-state index >= 15 is 0 Å². The van der Waals surface area contributed by atoms with E-state index in [1.165, 1.54) is 37.9 Å². The molecule has 1 aromatic rings. The van der Waals surface area contributed by atoms with Crippen LogP contribution in [0.2, 0.25) is 0 Å². The molecule has 2 saturated heterocycles. The van der Waals surface area contributed by atoms with Gasteiger partial charge in [0.1, 0.15) is 0 Å². The SMILES string of the molecule is CCC(CC)N1CCC(=Cc2ccc(C3(O)CCOCC3)cc2)C(C)C1. The van der Waals surface area contributed by atoms with Crippen LogP contribution in [-0.4, -0.2) is 42.4 Å². The Labute approximate surface area is 159 Å². The molecule has 3 nitrogen and oxygen atoms in total. The molecule has 0 aliphatic carbocycles. The van der Waals surface area contributed by atoms with Crippen molar-refractivity contribution < 1.29 is 9.84 Å². The van der Waals surface area contributed by atoms with Gasteiger partial charge in [0.25, 0.3) is 0 Å². The van der Waals surface area contributed by atoms with Gasteiger partial charge in [-0.15, -0.1) is 0 Å². The van der Waals surface area contributed by atoms with Crippen molar-refractivity contribution in [2.75, 3.05) is 26.3 Å². The van der Waals surface area contributed by atoms with Crippen LogP contribution in [0, 0.1) is 5.92 Å². The first-order chi connectivity index (χ1) is 12.6. The highest BCUT2D eigenvalue weighted by atomic mass is 16.5. The Morgan fingerprint density at radius 3 is 2.42 bits per heavy atom. The topological polar surface area (TPSA) is 32.7 Å². The highest BCUT2D eigenvalue weighted by Gasteiger charge is 2.31. The number of nitrogens with zero attached hydrogens (tertiary/aromatic N) is 1. The summed E-state index contributed by atoms with van der Waals surface area (Å²) < 4.78 is 5.39. The average molecular weight is 358 g/mol. The molecule has 0 spiro atoms. The minimum Gasteiger partial charge on any atom is -0.385 e. The van der Waals surface area contributed by atoms with Gasteiger partial charge in [-0.1, -0.05) is 56.7 Å². The Hall–Kier alpha value is -1.16. The van der Waals surface area contributed by atoms with Crippen LogP contribution in [0.4, 0.5) is 0 Å². The average Bonchev–Trinajstić information content (AvgIpc) is 2.66. The third-order valence-corrected chi connectivity index (χ3v) is 6.41. The molecule has 2 heterocycles. The fraction of sp³-hybridized carbons (Fsp3) is 0.652. The normalized spacial score (nSPS) is 25.7. The molecule has 0 amide bonds. The van der Waals surface area contributed by atoms with E-state index in [4.69, 9.17) is 4.74 Å². The molecule has 3 rings (SSSR count). The molecular formula is C23H35NO2. The largest absolute Gasteiger partial charge is 0.385 e. The van der Waals surface area contributed by atoms with Crippen molar-refractivity contribution >= 4 is 6.08 Å². The Kier molecular flexibility index (Phi) is 6.55. The molecule has 0 bridgehead atoms. The number of ether oxygens (including phenoxy) is 1. The van der Waals surface area contributed by atoms with Gasteiger partial charge in [0.05, 0.1) is 5.60 Å². The van der Waals surface area contributed by atoms with Crippen LogP contribution < -0.4 is 0 Å². The lowest BCUT2D eigenvalue weighted by molar-refractivity contribution is -0.0679. The molecule has 0 radical (unpaired) electrons. The highest BCUT2D eigenvalue weighted by Crippen LogP contribution is 2.33. The van der Waals surface area contributed by atoms with Crippen LogP contribution in [0.5, 0.6) is 0 Å². The van der Waals surface area contributed by atoms with Crippen molar-refractivity contribution in [1.82, 2.24) is 4.90 Å². The molecule has 1 atom stereocenters. The lowest BCUT2D eigenvalue weighted by Gasteiger charge is -2.38. The molecule has 2 aliphatic heterocycles. The second-order valence-corrected chi connectivity index (χ2v) is 8.10. The van der Waals surface area contributed by atoms with Crippen molar-refractivity contribution in [2.45, 2.75) is 64.5 Å². The van der Waals surface area contributed by atoms with Gasteiger partial charge >= 0.3 is 0 Å². The van der Waals surface area contributed by atoms with Crippen LogP contribution >= 0.6 is 0 Å². The molecule has 0 aromatic heterocycles. The maximum absolute atomic E-state index is 10.8. The lowest BCUT2D eigenvalue weighted by atomic mass is 9.85. The van der Waals surface area contributed by atoms with Crippen LogP contribution in [0.15, 0.2) is 29.8 Å². The van der Waals surface area contributed by atoms with Crippen LogP contribution in [0.25, 0.3) is 6.08 Å². The summed E-state index contributed by atoms with van der Waals surface area (Å²) in [5.41, 5.74) is 3.13. The summed E-state index contributed by atoms with van der Waals surface area (Å²) in [6.45, 7) is 10.6. The number of likely N-dealkylation sites (tertiary alicyclic amines) is 1. The minimum atomic E-state index is -0.710. The fourth-order valence-corrected chi connectivity index (χ4v) is 4.53. The zero-order valence-corrected chi connectivity index (χ0v) is 16.7. The summed E-state index contributed by atoms with van der Waals surface area (Å²) in [4.78, 5) is 2.67. The molecule has 0 saturated carbocycles. The number of aliphatic hydroxyl groups is 1. The molecule has 144 valence electrons. The quantitative estimate of drug-likeness (QED) is 0.836. The van der Waals surface area contributed by atoms with Crippen molar-refractivity contribution in [3.63, 3.8) is 0 Å². The highest BCUT2D eigenvalue weighted by molar-refractivity contribution is 5.54. The molecule has 2 aliphatic rings. The Balaban J connectivity index is 1.67. The first-order valence-electron chi connectivity index (χ1n) is 10.4. The van der Waals surface area contributed by atoms with Crippen LogP contribution in [0.3, 0.4) is 0 Å². The second kappa shape index (κ2) is 8.69. The third-order valence-electron chi connectivity index (χ3n) is 6.41. The van der Waals surface area contributed by atoms with Gasteiger partial charge < -0.3 is 9.84 Å². The predicted molar refractivity (Wildman–Crippen MR) is 108 cm³/mol. The first kappa shape index (κ1) is 19.6.